The van der Waals surface area contributed by atoms with Gasteiger partial charge in [0.05, 0.1) is 6.04 Å². The fraction of sp³-hybridized carbons (Fsp3) is 0.526. The normalized spacial score (nSPS) is 18.7. The maximum Gasteiger partial charge on any atom is 0.326 e. The number of amides is 2. The molecule has 0 radical (unpaired) electrons. The minimum atomic E-state index is -1.12. The Kier molecular flexibility index (Phi) is 7.18. The largest absolute Gasteiger partial charge is 0.508 e. The molecule has 0 bridgehead atoms. The summed E-state index contributed by atoms with van der Waals surface area (Å²) < 4.78 is 0. The summed E-state index contributed by atoms with van der Waals surface area (Å²) in [5.74, 6) is -2.14. The van der Waals surface area contributed by atoms with Crippen molar-refractivity contribution in [1.29, 1.82) is 0 Å². The summed E-state index contributed by atoms with van der Waals surface area (Å²) in [5.41, 5.74) is 0.740. The van der Waals surface area contributed by atoms with Crippen LogP contribution in [0.25, 0.3) is 0 Å². The Morgan fingerprint density at radius 1 is 1.19 bits per heavy atom. The highest BCUT2D eigenvalue weighted by molar-refractivity contribution is 5.92. The Morgan fingerprint density at radius 3 is 2.37 bits per heavy atom. The molecule has 0 aromatic heterocycles. The van der Waals surface area contributed by atoms with Crippen LogP contribution in [-0.2, 0) is 20.8 Å². The highest BCUT2D eigenvalue weighted by Crippen LogP contribution is 2.13. The van der Waals surface area contributed by atoms with Crippen LogP contribution in [0.3, 0.4) is 0 Å². The summed E-state index contributed by atoms with van der Waals surface area (Å²) in [7, 11) is 0. The third-order valence-corrected chi connectivity index (χ3v) is 4.62. The van der Waals surface area contributed by atoms with E-state index in [1.54, 1.807) is 26.0 Å². The van der Waals surface area contributed by atoms with Crippen molar-refractivity contribution < 1.29 is 24.6 Å². The quantitative estimate of drug-likeness (QED) is 0.446. The van der Waals surface area contributed by atoms with E-state index in [0.717, 1.165) is 18.5 Å². The molecule has 1 saturated heterocycles. The number of rotatable bonds is 8. The smallest absolute Gasteiger partial charge is 0.326 e. The molecule has 1 aliphatic rings. The van der Waals surface area contributed by atoms with Crippen LogP contribution in [-0.4, -0.2) is 52.7 Å². The Hall–Kier alpha value is -2.61. The number of aliphatic carboxylic acids is 1. The van der Waals surface area contributed by atoms with E-state index in [4.69, 9.17) is 0 Å². The molecule has 2 rings (SSSR count). The van der Waals surface area contributed by atoms with Crippen molar-refractivity contribution in [2.75, 3.05) is 6.54 Å². The number of carbonyl (C=O) groups is 3. The summed E-state index contributed by atoms with van der Waals surface area (Å²) in [4.78, 5) is 36.6. The summed E-state index contributed by atoms with van der Waals surface area (Å²) in [6, 6.07) is 4.02. The number of hydrogen-bond donors (Lipinski definition) is 5. The minimum Gasteiger partial charge on any atom is -0.508 e. The topological polar surface area (TPSA) is 128 Å². The first kappa shape index (κ1) is 20.7. The molecule has 2 amide bonds. The van der Waals surface area contributed by atoms with Gasteiger partial charge in [0, 0.05) is 6.42 Å². The third kappa shape index (κ3) is 5.96. The average molecular weight is 377 g/mol. The van der Waals surface area contributed by atoms with Crippen LogP contribution in [0, 0.1) is 5.92 Å². The molecule has 148 valence electrons. The molecule has 0 spiro atoms. The molecule has 8 nitrogen and oxygen atoms in total. The van der Waals surface area contributed by atoms with Crippen LogP contribution in [0.1, 0.15) is 32.3 Å². The minimum absolute atomic E-state index is 0.102. The number of carboxylic acids is 1. The lowest BCUT2D eigenvalue weighted by atomic mass is 10.0. The third-order valence-electron chi connectivity index (χ3n) is 4.62. The van der Waals surface area contributed by atoms with Crippen molar-refractivity contribution in [2.45, 2.75) is 51.2 Å². The van der Waals surface area contributed by atoms with Gasteiger partial charge in [0.15, 0.2) is 0 Å². The monoisotopic (exact) mass is 377 g/mol. The SMILES string of the molecule is CC(C)C(NC(=O)C(Cc1ccc(O)cc1)NC(=O)C1CCCN1)C(=O)O. The van der Waals surface area contributed by atoms with Crippen LogP contribution < -0.4 is 16.0 Å². The van der Waals surface area contributed by atoms with Gasteiger partial charge in [-0.15, -0.1) is 0 Å². The molecule has 1 aromatic rings. The molecular formula is C19H27N3O5. The zero-order valence-electron chi connectivity index (χ0n) is 15.6. The molecule has 1 aliphatic heterocycles. The van der Waals surface area contributed by atoms with Gasteiger partial charge < -0.3 is 26.2 Å². The van der Waals surface area contributed by atoms with Gasteiger partial charge in [0.1, 0.15) is 17.8 Å². The van der Waals surface area contributed by atoms with E-state index in [-0.39, 0.29) is 30.0 Å². The van der Waals surface area contributed by atoms with Gasteiger partial charge >= 0.3 is 5.97 Å². The Balaban J connectivity index is 2.13. The first-order chi connectivity index (χ1) is 12.8. The van der Waals surface area contributed by atoms with Crippen LogP contribution in [0.2, 0.25) is 0 Å². The maximum absolute atomic E-state index is 12.7. The van der Waals surface area contributed by atoms with Crippen molar-refractivity contribution in [2.24, 2.45) is 5.92 Å². The maximum atomic E-state index is 12.7. The lowest BCUT2D eigenvalue weighted by Gasteiger charge is -2.24. The fourth-order valence-electron chi connectivity index (χ4n) is 3.03. The van der Waals surface area contributed by atoms with Crippen LogP contribution in [0.15, 0.2) is 24.3 Å². The van der Waals surface area contributed by atoms with Gasteiger partial charge in [-0.1, -0.05) is 26.0 Å². The first-order valence-electron chi connectivity index (χ1n) is 9.12. The molecular weight excluding hydrogens is 350 g/mol. The second kappa shape index (κ2) is 9.36. The highest BCUT2D eigenvalue weighted by Gasteiger charge is 2.31. The van der Waals surface area contributed by atoms with E-state index in [9.17, 15) is 24.6 Å². The van der Waals surface area contributed by atoms with Gasteiger partial charge in [-0.3, -0.25) is 9.59 Å². The first-order valence-corrected chi connectivity index (χ1v) is 9.12. The molecule has 3 atom stereocenters. The standard InChI is InChI=1S/C19H27N3O5/c1-11(2)16(19(26)27)22-18(25)15(10-12-5-7-13(23)8-6-12)21-17(24)14-4-3-9-20-14/h5-8,11,14-16,20,23H,3-4,9-10H2,1-2H3,(H,21,24)(H,22,25)(H,26,27). The molecule has 3 unspecified atom stereocenters. The number of phenols is 1. The van der Waals surface area contributed by atoms with E-state index in [1.807, 2.05) is 0 Å². The van der Waals surface area contributed by atoms with E-state index in [0.29, 0.717) is 6.42 Å². The molecule has 0 aliphatic carbocycles. The predicted octanol–water partition coefficient (Wildman–Crippen LogP) is 0.397. The van der Waals surface area contributed by atoms with Gasteiger partial charge in [-0.05, 0) is 43.0 Å². The van der Waals surface area contributed by atoms with Crippen molar-refractivity contribution in [3.63, 3.8) is 0 Å². The highest BCUT2D eigenvalue weighted by atomic mass is 16.4. The Bertz CT molecular complexity index is 668. The zero-order valence-corrected chi connectivity index (χ0v) is 15.6. The lowest BCUT2D eigenvalue weighted by Crippen LogP contribution is -2.56. The van der Waals surface area contributed by atoms with Crippen LogP contribution in [0.5, 0.6) is 5.75 Å². The van der Waals surface area contributed by atoms with Gasteiger partial charge in [0.2, 0.25) is 11.8 Å². The molecule has 8 heteroatoms. The van der Waals surface area contributed by atoms with E-state index < -0.39 is 24.0 Å². The molecule has 1 aromatic carbocycles. The van der Waals surface area contributed by atoms with Gasteiger partial charge in [-0.25, -0.2) is 4.79 Å². The van der Waals surface area contributed by atoms with Crippen LogP contribution >= 0.6 is 0 Å². The van der Waals surface area contributed by atoms with E-state index >= 15 is 0 Å². The van der Waals surface area contributed by atoms with E-state index in [2.05, 4.69) is 16.0 Å². The fourth-order valence-corrected chi connectivity index (χ4v) is 3.03. The molecule has 1 heterocycles. The number of benzene rings is 1. The summed E-state index contributed by atoms with van der Waals surface area (Å²) >= 11 is 0. The van der Waals surface area contributed by atoms with Crippen molar-refractivity contribution >= 4 is 17.8 Å². The number of phenolic OH excluding ortho intramolecular Hbond substituents is 1. The Labute approximate surface area is 158 Å². The molecule has 1 fully saturated rings. The van der Waals surface area contributed by atoms with Gasteiger partial charge in [0.25, 0.3) is 0 Å². The predicted molar refractivity (Wildman–Crippen MR) is 99.2 cm³/mol. The second-order valence-electron chi connectivity index (χ2n) is 7.15. The van der Waals surface area contributed by atoms with Crippen molar-refractivity contribution in [3.8, 4) is 5.75 Å². The number of carboxylic acid groups (broad SMARTS) is 1. The number of carbonyl (C=O) groups excluding carboxylic acids is 2. The molecule has 27 heavy (non-hydrogen) atoms. The summed E-state index contributed by atoms with van der Waals surface area (Å²) in [5, 5.41) is 27.1. The lowest BCUT2D eigenvalue weighted by molar-refractivity contribution is -0.143. The summed E-state index contributed by atoms with van der Waals surface area (Å²) in [6.07, 6.45) is 1.78. The van der Waals surface area contributed by atoms with Gasteiger partial charge in [-0.2, -0.15) is 0 Å². The molecule has 0 saturated carbocycles. The number of nitrogens with one attached hydrogen (secondary N) is 3. The van der Waals surface area contributed by atoms with Crippen LogP contribution in [0.4, 0.5) is 0 Å². The number of aromatic hydroxyl groups is 1. The number of hydrogen-bond acceptors (Lipinski definition) is 5. The summed E-state index contributed by atoms with van der Waals surface area (Å²) in [6.45, 7) is 4.16. The average Bonchev–Trinajstić information content (AvgIpc) is 3.14. The zero-order chi connectivity index (χ0) is 20.0. The molecule has 5 N–H and O–H groups in total. The van der Waals surface area contributed by atoms with E-state index in [1.165, 1.54) is 12.1 Å². The second-order valence-corrected chi connectivity index (χ2v) is 7.15. The Morgan fingerprint density at radius 2 is 1.85 bits per heavy atom. The van der Waals surface area contributed by atoms with Crippen molar-refractivity contribution in [3.05, 3.63) is 29.8 Å². The van der Waals surface area contributed by atoms with Crippen molar-refractivity contribution in [1.82, 2.24) is 16.0 Å².